The quantitative estimate of drug-likeness (QED) is 0.834. The minimum atomic E-state index is -3.66. The summed E-state index contributed by atoms with van der Waals surface area (Å²) in [6, 6.07) is 13.6. The second-order valence-corrected chi connectivity index (χ2v) is 7.91. The Morgan fingerprint density at radius 3 is 2.57 bits per heavy atom. The van der Waals surface area contributed by atoms with Gasteiger partial charge in [-0.2, -0.15) is 8.42 Å². The van der Waals surface area contributed by atoms with Gasteiger partial charge in [0.15, 0.2) is 12.4 Å². The summed E-state index contributed by atoms with van der Waals surface area (Å²) >= 11 is 0. The first-order valence-corrected chi connectivity index (χ1v) is 10.3. The zero-order valence-electron chi connectivity index (χ0n) is 15.0. The Balaban J connectivity index is 1.38. The van der Waals surface area contributed by atoms with Crippen LogP contribution in [-0.2, 0) is 19.6 Å². The molecule has 2 aromatic rings. The van der Waals surface area contributed by atoms with Gasteiger partial charge in [-0.1, -0.05) is 12.1 Å². The van der Waals surface area contributed by atoms with Crippen LogP contribution in [0.1, 0.15) is 5.56 Å². The normalized spacial score (nSPS) is 17.6. The number of amidine groups is 1. The molecule has 9 heteroatoms. The molecule has 2 aromatic carbocycles. The van der Waals surface area contributed by atoms with Gasteiger partial charge in [0.2, 0.25) is 0 Å². The zero-order chi connectivity index (χ0) is 19.6. The summed E-state index contributed by atoms with van der Waals surface area (Å²) in [6.45, 7) is 2.23. The van der Waals surface area contributed by atoms with Gasteiger partial charge in [-0.25, -0.2) is 0 Å². The molecule has 8 nitrogen and oxygen atoms in total. The number of fused-ring (bicyclic) bond motifs is 1. The zero-order valence-corrected chi connectivity index (χ0v) is 15.8. The topological polar surface area (TPSA) is 97.3 Å². The van der Waals surface area contributed by atoms with Gasteiger partial charge in [0, 0.05) is 24.3 Å². The summed E-state index contributed by atoms with van der Waals surface area (Å²) in [7, 11) is -3.66. The highest BCUT2D eigenvalue weighted by Crippen LogP contribution is 2.27. The van der Waals surface area contributed by atoms with Gasteiger partial charge < -0.3 is 19.7 Å². The van der Waals surface area contributed by atoms with Gasteiger partial charge in [-0.05, 0) is 36.4 Å². The van der Waals surface area contributed by atoms with E-state index in [4.69, 9.17) is 9.47 Å². The van der Waals surface area contributed by atoms with Gasteiger partial charge in [-0.15, -0.1) is 4.40 Å². The first-order valence-electron chi connectivity index (χ1n) is 8.83. The highest BCUT2D eigenvalue weighted by Gasteiger charge is 2.28. The second-order valence-electron chi connectivity index (χ2n) is 6.34. The lowest BCUT2D eigenvalue weighted by Crippen LogP contribution is -2.42. The van der Waals surface area contributed by atoms with E-state index in [1.165, 1.54) is 6.07 Å². The number of ether oxygens (including phenoxy) is 2. The predicted octanol–water partition coefficient (Wildman–Crippen LogP) is 1.49. The van der Waals surface area contributed by atoms with E-state index in [2.05, 4.69) is 9.71 Å². The molecule has 0 spiro atoms. The van der Waals surface area contributed by atoms with Crippen molar-refractivity contribution in [1.29, 1.82) is 0 Å². The average Bonchev–Trinajstić information content (AvgIpc) is 2.98. The van der Waals surface area contributed by atoms with E-state index in [-0.39, 0.29) is 23.2 Å². The van der Waals surface area contributed by atoms with Crippen molar-refractivity contribution in [2.75, 3.05) is 38.2 Å². The smallest absolute Gasteiger partial charge is 0.285 e. The molecular formula is C19H19N3O5S. The van der Waals surface area contributed by atoms with Crippen LogP contribution < -0.4 is 10.1 Å². The van der Waals surface area contributed by atoms with Crippen molar-refractivity contribution >= 4 is 27.5 Å². The highest BCUT2D eigenvalue weighted by molar-refractivity contribution is 7.90. The Kier molecular flexibility index (Phi) is 5.01. The summed E-state index contributed by atoms with van der Waals surface area (Å²) in [5.41, 5.74) is 1.21. The maximum absolute atomic E-state index is 12.1. The van der Waals surface area contributed by atoms with Crippen LogP contribution in [0.5, 0.6) is 5.75 Å². The second kappa shape index (κ2) is 7.61. The number of carbonyl (C=O) groups excluding carboxylic acids is 1. The number of morpholine rings is 1. The molecule has 1 amide bonds. The molecule has 2 aliphatic heterocycles. The molecule has 2 heterocycles. The lowest BCUT2D eigenvalue weighted by atomic mass is 10.2. The van der Waals surface area contributed by atoms with E-state index in [9.17, 15) is 13.2 Å². The Morgan fingerprint density at radius 1 is 1.11 bits per heavy atom. The summed E-state index contributed by atoms with van der Waals surface area (Å²) in [5.74, 6) is 0.757. The molecule has 1 saturated heterocycles. The summed E-state index contributed by atoms with van der Waals surface area (Å²) in [4.78, 5) is 14.0. The first kappa shape index (κ1) is 18.5. The maximum atomic E-state index is 12.1. The van der Waals surface area contributed by atoms with E-state index >= 15 is 0 Å². The van der Waals surface area contributed by atoms with Crippen LogP contribution in [-0.4, -0.2) is 58.0 Å². The van der Waals surface area contributed by atoms with Crippen molar-refractivity contribution in [3.8, 4) is 5.75 Å². The standard InChI is InChI=1S/C19H19N3O5S/c23-18(22-9-11-26-12-10-22)13-27-15-7-5-14(6-8-15)20-19-16-3-1-2-4-17(16)28(24,25)21-19/h1-8H,9-13H2,(H,20,21). The molecule has 0 atom stereocenters. The van der Waals surface area contributed by atoms with E-state index in [0.29, 0.717) is 43.3 Å². The molecule has 146 valence electrons. The fourth-order valence-corrected chi connectivity index (χ4v) is 4.19. The number of carbonyl (C=O) groups is 1. The van der Waals surface area contributed by atoms with Crippen molar-refractivity contribution in [2.45, 2.75) is 4.90 Å². The van der Waals surface area contributed by atoms with Gasteiger partial charge in [-0.3, -0.25) is 4.79 Å². The minimum Gasteiger partial charge on any atom is -0.484 e. The highest BCUT2D eigenvalue weighted by atomic mass is 32.2. The van der Waals surface area contributed by atoms with Gasteiger partial charge in [0.25, 0.3) is 15.9 Å². The van der Waals surface area contributed by atoms with Crippen molar-refractivity contribution in [1.82, 2.24) is 4.90 Å². The van der Waals surface area contributed by atoms with Gasteiger partial charge in [0.05, 0.1) is 13.2 Å². The number of benzene rings is 2. The molecule has 0 saturated carbocycles. The fraction of sp³-hybridized carbons (Fsp3) is 0.263. The van der Waals surface area contributed by atoms with E-state index in [0.717, 1.165) is 0 Å². The van der Waals surface area contributed by atoms with Crippen LogP contribution in [0.15, 0.2) is 57.8 Å². The molecule has 0 aromatic heterocycles. The Morgan fingerprint density at radius 2 is 1.82 bits per heavy atom. The molecule has 2 aliphatic rings. The Labute approximate surface area is 162 Å². The summed E-state index contributed by atoms with van der Waals surface area (Å²) in [5, 5.41) is 3.02. The number of sulfonamides is 1. The van der Waals surface area contributed by atoms with Crippen molar-refractivity contribution in [3.05, 3.63) is 54.1 Å². The Bertz CT molecular complexity index is 1010. The Hall–Kier alpha value is -2.91. The number of nitrogens with one attached hydrogen (secondary N) is 1. The molecule has 1 N–H and O–H groups in total. The molecule has 28 heavy (non-hydrogen) atoms. The van der Waals surface area contributed by atoms with Crippen LogP contribution in [0.4, 0.5) is 5.69 Å². The third kappa shape index (κ3) is 3.85. The van der Waals surface area contributed by atoms with Gasteiger partial charge >= 0.3 is 0 Å². The number of hydrogen-bond acceptors (Lipinski definition) is 6. The summed E-state index contributed by atoms with van der Waals surface area (Å²) in [6.07, 6.45) is 0. The van der Waals surface area contributed by atoms with Gasteiger partial charge in [0.1, 0.15) is 10.6 Å². The van der Waals surface area contributed by atoms with Crippen molar-refractivity contribution < 1.29 is 22.7 Å². The van der Waals surface area contributed by atoms with Crippen LogP contribution in [0.2, 0.25) is 0 Å². The van der Waals surface area contributed by atoms with E-state index < -0.39 is 10.0 Å². The van der Waals surface area contributed by atoms with Crippen LogP contribution in [0.25, 0.3) is 0 Å². The number of anilines is 1. The average molecular weight is 401 g/mol. The molecule has 1 fully saturated rings. The first-order chi connectivity index (χ1) is 13.5. The third-order valence-electron chi connectivity index (χ3n) is 4.47. The van der Waals surface area contributed by atoms with Crippen LogP contribution in [0, 0.1) is 0 Å². The maximum Gasteiger partial charge on any atom is 0.285 e. The van der Waals surface area contributed by atoms with E-state index in [1.54, 1.807) is 47.4 Å². The van der Waals surface area contributed by atoms with Crippen molar-refractivity contribution in [3.63, 3.8) is 0 Å². The number of nitrogens with zero attached hydrogens (tertiary/aromatic N) is 2. The molecule has 0 bridgehead atoms. The van der Waals surface area contributed by atoms with Crippen LogP contribution >= 0.6 is 0 Å². The monoisotopic (exact) mass is 401 g/mol. The molecule has 4 rings (SSSR count). The molecule has 0 unspecified atom stereocenters. The third-order valence-corrected chi connectivity index (χ3v) is 5.81. The molecule has 0 radical (unpaired) electrons. The largest absolute Gasteiger partial charge is 0.484 e. The van der Waals surface area contributed by atoms with Crippen LogP contribution in [0.3, 0.4) is 0 Å². The van der Waals surface area contributed by atoms with Crippen molar-refractivity contribution in [2.24, 2.45) is 4.40 Å². The molecular weight excluding hydrogens is 382 g/mol. The SMILES string of the molecule is O=C(COc1ccc(NC2=NS(=O)(=O)c3ccccc32)cc1)N1CCOCC1. The number of hydrogen-bond donors (Lipinski definition) is 1. The van der Waals surface area contributed by atoms with E-state index in [1.807, 2.05) is 0 Å². The lowest BCUT2D eigenvalue weighted by Gasteiger charge is -2.26. The molecule has 0 aliphatic carbocycles. The summed E-state index contributed by atoms with van der Waals surface area (Å²) < 4.78 is 38.8. The lowest BCUT2D eigenvalue weighted by molar-refractivity contribution is -0.137. The fourth-order valence-electron chi connectivity index (χ4n) is 3.02. The number of rotatable bonds is 4. The minimum absolute atomic E-state index is 0.0366. The predicted molar refractivity (Wildman–Crippen MR) is 103 cm³/mol. The number of amides is 1.